The van der Waals surface area contributed by atoms with Crippen molar-refractivity contribution in [2.75, 3.05) is 20.2 Å². The minimum atomic E-state index is 0.0655. The molecule has 0 bridgehead atoms. The third-order valence-corrected chi connectivity index (χ3v) is 4.97. The predicted octanol–water partition coefficient (Wildman–Crippen LogP) is 2.42. The highest BCUT2D eigenvalue weighted by Gasteiger charge is 2.25. The first kappa shape index (κ1) is 18.3. The number of nitrogens with zero attached hydrogens (tertiary/aromatic N) is 3. The van der Waals surface area contributed by atoms with E-state index in [2.05, 4.69) is 27.4 Å². The summed E-state index contributed by atoms with van der Waals surface area (Å²) in [7, 11) is 1.66. The van der Waals surface area contributed by atoms with Crippen LogP contribution in [0, 0.1) is 0 Å². The lowest BCUT2D eigenvalue weighted by Gasteiger charge is -2.33. The molecular formula is C22H24N4O2. The van der Waals surface area contributed by atoms with Gasteiger partial charge < -0.3 is 10.1 Å². The summed E-state index contributed by atoms with van der Waals surface area (Å²) >= 11 is 0. The van der Waals surface area contributed by atoms with E-state index in [0.717, 1.165) is 30.0 Å². The number of hydrogen-bond donors (Lipinski definition) is 1. The second-order valence-electron chi connectivity index (χ2n) is 7.07. The van der Waals surface area contributed by atoms with Gasteiger partial charge in [-0.25, -0.2) is 4.68 Å². The zero-order chi connectivity index (χ0) is 19.3. The molecule has 2 aromatic carbocycles. The van der Waals surface area contributed by atoms with Gasteiger partial charge in [-0.15, -0.1) is 0 Å². The van der Waals surface area contributed by atoms with Gasteiger partial charge in [0.05, 0.1) is 19.3 Å². The first-order valence-electron chi connectivity index (χ1n) is 9.44. The Balaban J connectivity index is 1.53. The van der Waals surface area contributed by atoms with Gasteiger partial charge in [0.2, 0.25) is 5.91 Å². The molecule has 1 aliphatic heterocycles. The second kappa shape index (κ2) is 8.27. The van der Waals surface area contributed by atoms with Crippen molar-refractivity contribution in [2.45, 2.75) is 19.0 Å². The molecule has 0 spiro atoms. The van der Waals surface area contributed by atoms with E-state index in [9.17, 15) is 4.79 Å². The number of aromatic nitrogens is 2. The summed E-state index contributed by atoms with van der Waals surface area (Å²) in [5, 5.41) is 7.48. The van der Waals surface area contributed by atoms with Crippen LogP contribution in [-0.4, -0.2) is 46.8 Å². The maximum atomic E-state index is 12.3. The topological polar surface area (TPSA) is 59.4 Å². The Bertz CT molecular complexity index is 925. The van der Waals surface area contributed by atoms with Crippen molar-refractivity contribution >= 4 is 5.91 Å². The summed E-state index contributed by atoms with van der Waals surface area (Å²) in [4.78, 5) is 14.5. The first-order valence-corrected chi connectivity index (χ1v) is 9.44. The van der Waals surface area contributed by atoms with Crippen LogP contribution in [0.15, 0.2) is 67.0 Å². The normalized spacial score (nSPS) is 17.3. The summed E-state index contributed by atoms with van der Waals surface area (Å²) in [6.07, 6.45) is 4.51. The number of rotatable bonds is 6. The van der Waals surface area contributed by atoms with Crippen molar-refractivity contribution in [3.63, 3.8) is 0 Å². The molecule has 6 heteroatoms. The van der Waals surface area contributed by atoms with Crippen LogP contribution in [0.4, 0.5) is 0 Å². The molecule has 0 radical (unpaired) electrons. The van der Waals surface area contributed by atoms with Crippen molar-refractivity contribution < 1.29 is 9.53 Å². The van der Waals surface area contributed by atoms with Crippen LogP contribution in [-0.2, 0) is 17.8 Å². The Morgan fingerprint density at radius 3 is 2.79 bits per heavy atom. The van der Waals surface area contributed by atoms with Crippen molar-refractivity contribution in [3.05, 3.63) is 78.1 Å². The van der Waals surface area contributed by atoms with Crippen molar-refractivity contribution in [2.24, 2.45) is 0 Å². The lowest BCUT2D eigenvalue weighted by molar-refractivity contribution is -0.125. The molecule has 1 fully saturated rings. The summed E-state index contributed by atoms with van der Waals surface area (Å²) in [5.41, 5.74) is 3.31. The van der Waals surface area contributed by atoms with Crippen LogP contribution in [0.1, 0.15) is 11.1 Å². The Labute approximate surface area is 164 Å². The fourth-order valence-corrected chi connectivity index (χ4v) is 3.72. The van der Waals surface area contributed by atoms with Gasteiger partial charge in [0.1, 0.15) is 5.75 Å². The summed E-state index contributed by atoms with van der Waals surface area (Å²) in [6.45, 7) is 1.85. The second-order valence-corrected chi connectivity index (χ2v) is 7.07. The van der Waals surface area contributed by atoms with Gasteiger partial charge in [0.25, 0.3) is 0 Å². The number of benzene rings is 2. The molecule has 28 heavy (non-hydrogen) atoms. The fraction of sp³-hybridized carbons (Fsp3) is 0.273. The third kappa shape index (κ3) is 4.23. The molecule has 6 nitrogen and oxygen atoms in total. The molecule has 2 heterocycles. The van der Waals surface area contributed by atoms with Crippen LogP contribution in [0.2, 0.25) is 0 Å². The highest BCUT2D eigenvalue weighted by molar-refractivity contribution is 5.79. The molecule has 1 saturated heterocycles. The minimum absolute atomic E-state index is 0.0655. The molecule has 144 valence electrons. The van der Waals surface area contributed by atoms with Crippen LogP contribution in [0.5, 0.6) is 5.75 Å². The molecule has 0 unspecified atom stereocenters. The van der Waals surface area contributed by atoms with Gasteiger partial charge in [0, 0.05) is 31.5 Å². The first-order chi connectivity index (χ1) is 13.7. The lowest BCUT2D eigenvalue weighted by Crippen LogP contribution is -2.54. The third-order valence-electron chi connectivity index (χ3n) is 4.97. The maximum absolute atomic E-state index is 12.3. The Morgan fingerprint density at radius 1 is 1.18 bits per heavy atom. The van der Waals surface area contributed by atoms with Gasteiger partial charge in [-0.3, -0.25) is 9.69 Å². The maximum Gasteiger partial charge on any atom is 0.234 e. The standard InChI is InChI=1S/C22H24N4O2/c1-28-20-8-9-21(26-11-5-10-23-26)18(13-20)14-25-15-19(24-22(27)16-25)12-17-6-3-2-4-7-17/h2-11,13,19H,12,14-16H2,1H3,(H,24,27)/t19-/m0/s1. The highest BCUT2D eigenvalue weighted by Crippen LogP contribution is 2.23. The lowest BCUT2D eigenvalue weighted by atomic mass is 10.0. The van der Waals surface area contributed by atoms with Crippen molar-refractivity contribution in [3.8, 4) is 11.4 Å². The largest absolute Gasteiger partial charge is 0.497 e. The van der Waals surface area contributed by atoms with E-state index in [1.165, 1.54) is 5.56 Å². The predicted molar refractivity (Wildman–Crippen MR) is 107 cm³/mol. The zero-order valence-electron chi connectivity index (χ0n) is 15.9. The molecule has 4 rings (SSSR count). The molecular weight excluding hydrogens is 352 g/mol. The quantitative estimate of drug-likeness (QED) is 0.718. The number of carbonyl (C=O) groups excluding carboxylic acids is 1. The summed E-state index contributed by atoms with van der Waals surface area (Å²) in [5.74, 6) is 0.865. The van der Waals surface area contributed by atoms with E-state index in [4.69, 9.17) is 4.74 Å². The van der Waals surface area contributed by atoms with E-state index >= 15 is 0 Å². The van der Waals surface area contributed by atoms with Crippen LogP contribution < -0.4 is 10.1 Å². The number of ether oxygens (including phenoxy) is 1. The number of amides is 1. The summed E-state index contributed by atoms with van der Waals surface area (Å²) < 4.78 is 7.26. The van der Waals surface area contributed by atoms with Crippen molar-refractivity contribution in [1.82, 2.24) is 20.0 Å². The molecule has 0 saturated carbocycles. The van der Waals surface area contributed by atoms with E-state index in [1.54, 1.807) is 13.3 Å². The SMILES string of the molecule is COc1ccc(-n2cccn2)c(CN2CC(=O)N[C@@H](Cc3ccccc3)C2)c1. The molecule has 3 aromatic rings. The Morgan fingerprint density at radius 2 is 2.04 bits per heavy atom. The van der Waals surface area contributed by atoms with Gasteiger partial charge in [0.15, 0.2) is 0 Å². The van der Waals surface area contributed by atoms with Gasteiger partial charge in [-0.1, -0.05) is 30.3 Å². The number of nitrogens with one attached hydrogen (secondary N) is 1. The molecule has 1 N–H and O–H groups in total. The number of methoxy groups -OCH3 is 1. The fourth-order valence-electron chi connectivity index (χ4n) is 3.72. The van der Waals surface area contributed by atoms with E-state index in [-0.39, 0.29) is 11.9 Å². The number of piperazine rings is 1. The molecule has 1 aliphatic rings. The molecule has 1 amide bonds. The van der Waals surface area contributed by atoms with E-state index < -0.39 is 0 Å². The molecule has 1 atom stereocenters. The minimum Gasteiger partial charge on any atom is -0.497 e. The van der Waals surface area contributed by atoms with Crippen LogP contribution >= 0.6 is 0 Å². The smallest absolute Gasteiger partial charge is 0.234 e. The monoisotopic (exact) mass is 376 g/mol. The average molecular weight is 376 g/mol. The van der Waals surface area contributed by atoms with Gasteiger partial charge >= 0.3 is 0 Å². The number of carbonyl (C=O) groups is 1. The van der Waals surface area contributed by atoms with E-state index in [0.29, 0.717) is 13.1 Å². The van der Waals surface area contributed by atoms with Gasteiger partial charge in [-0.2, -0.15) is 5.10 Å². The Kier molecular flexibility index (Phi) is 5.39. The molecule has 1 aromatic heterocycles. The zero-order valence-corrected chi connectivity index (χ0v) is 15.9. The van der Waals surface area contributed by atoms with Crippen molar-refractivity contribution in [1.29, 1.82) is 0 Å². The average Bonchev–Trinajstić information content (AvgIpc) is 3.23. The van der Waals surface area contributed by atoms with Gasteiger partial charge in [-0.05, 0) is 41.8 Å². The highest BCUT2D eigenvalue weighted by atomic mass is 16.5. The van der Waals surface area contributed by atoms with Crippen LogP contribution in [0.3, 0.4) is 0 Å². The van der Waals surface area contributed by atoms with Crippen LogP contribution in [0.25, 0.3) is 5.69 Å². The van der Waals surface area contributed by atoms with E-state index in [1.807, 2.05) is 53.3 Å². The molecule has 0 aliphatic carbocycles. The number of hydrogen-bond acceptors (Lipinski definition) is 4. The summed E-state index contributed by atoms with van der Waals surface area (Å²) in [6, 6.07) is 18.2. The Hall–Kier alpha value is -3.12.